The zero-order valence-electron chi connectivity index (χ0n) is 11.9. The second-order valence-corrected chi connectivity index (χ2v) is 4.90. The van der Waals surface area contributed by atoms with Gasteiger partial charge >= 0.3 is 5.97 Å². The summed E-state index contributed by atoms with van der Waals surface area (Å²) in [7, 11) is 0. The SMILES string of the molecule is Cc1ccc(-c2nnnn2C(C)C(C)C(=O)O)c(C)n1. The van der Waals surface area contributed by atoms with Crippen LogP contribution in [-0.2, 0) is 4.79 Å². The predicted octanol–water partition coefficient (Wildman–Crippen LogP) is 1.63. The van der Waals surface area contributed by atoms with Crippen molar-refractivity contribution in [1.82, 2.24) is 25.2 Å². The largest absolute Gasteiger partial charge is 0.481 e. The molecular formula is C13H17N5O2. The van der Waals surface area contributed by atoms with Crippen molar-refractivity contribution in [3.8, 4) is 11.4 Å². The minimum Gasteiger partial charge on any atom is -0.481 e. The highest BCUT2D eigenvalue weighted by Crippen LogP contribution is 2.25. The van der Waals surface area contributed by atoms with Crippen LogP contribution in [0.1, 0.15) is 31.3 Å². The number of rotatable bonds is 4. The van der Waals surface area contributed by atoms with Crippen molar-refractivity contribution in [1.29, 1.82) is 0 Å². The van der Waals surface area contributed by atoms with E-state index < -0.39 is 11.9 Å². The number of aromatic nitrogens is 5. The third-order valence-corrected chi connectivity index (χ3v) is 3.46. The summed E-state index contributed by atoms with van der Waals surface area (Å²) in [6.45, 7) is 7.22. The van der Waals surface area contributed by atoms with Crippen molar-refractivity contribution in [2.24, 2.45) is 5.92 Å². The van der Waals surface area contributed by atoms with Crippen molar-refractivity contribution in [2.45, 2.75) is 33.7 Å². The molecule has 20 heavy (non-hydrogen) atoms. The number of hydrogen-bond donors (Lipinski definition) is 1. The van der Waals surface area contributed by atoms with Crippen LogP contribution < -0.4 is 0 Å². The Morgan fingerprint density at radius 1 is 1.30 bits per heavy atom. The van der Waals surface area contributed by atoms with E-state index in [1.807, 2.05) is 26.0 Å². The Hall–Kier alpha value is -2.31. The maximum absolute atomic E-state index is 11.1. The Labute approximate surface area is 116 Å². The normalized spacial score (nSPS) is 14.0. The Morgan fingerprint density at radius 3 is 2.60 bits per heavy atom. The molecule has 0 aliphatic carbocycles. The summed E-state index contributed by atoms with van der Waals surface area (Å²) >= 11 is 0. The van der Waals surface area contributed by atoms with E-state index in [1.54, 1.807) is 13.8 Å². The number of hydrogen-bond acceptors (Lipinski definition) is 5. The Kier molecular flexibility index (Phi) is 3.78. The van der Waals surface area contributed by atoms with Crippen molar-refractivity contribution in [3.63, 3.8) is 0 Å². The molecule has 0 aliphatic heterocycles. The molecule has 0 saturated heterocycles. The molecule has 2 unspecified atom stereocenters. The Bertz CT molecular complexity index is 637. The van der Waals surface area contributed by atoms with Gasteiger partial charge in [-0.1, -0.05) is 0 Å². The summed E-state index contributed by atoms with van der Waals surface area (Å²) in [6.07, 6.45) is 0. The van der Waals surface area contributed by atoms with Crippen LogP contribution in [0.5, 0.6) is 0 Å². The molecule has 2 rings (SSSR count). The van der Waals surface area contributed by atoms with E-state index in [2.05, 4.69) is 20.5 Å². The highest BCUT2D eigenvalue weighted by atomic mass is 16.4. The van der Waals surface area contributed by atoms with Crippen LogP contribution >= 0.6 is 0 Å². The van der Waals surface area contributed by atoms with Gasteiger partial charge in [0.2, 0.25) is 0 Å². The van der Waals surface area contributed by atoms with Gasteiger partial charge in [-0.3, -0.25) is 9.78 Å². The fourth-order valence-corrected chi connectivity index (χ4v) is 1.99. The highest BCUT2D eigenvalue weighted by molar-refractivity contribution is 5.70. The first kappa shape index (κ1) is 14.1. The van der Waals surface area contributed by atoms with E-state index >= 15 is 0 Å². The van der Waals surface area contributed by atoms with E-state index in [0.717, 1.165) is 17.0 Å². The van der Waals surface area contributed by atoms with E-state index in [-0.39, 0.29) is 6.04 Å². The van der Waals surface area contributed by atoms with Crippen LogP contribution in [0, 0.1) is 19.8 Å². The Balaban J connectivity index is 2.45. The van der Waals surface area contributed by atoms with Crippen LogP contribution in [0.15, 0.2) is 12.1 Å². The molecular weight excluding hydrogens is 258 g/mol. The number of carboxylic acid groups (broad SMARTS) is 1. The molecule has 0 radical (unpaired) electrons. The standard InChI is InChI=1S/C13H17N5O2/c1-7-5-6-11(9(3)14-7)12-15-16-17-18(12)10(4)8(2)13(19)20/h5-6,8,10H,1-4H3,(H,19,20). The topological polar surface area (TPSA) is 93.8 Å². The molecule has 2 atom stereocenters. The van der Waals surface area contributed by atoms with Crippen molar-refractivity contribution in [3.05, 3.63) is 23.5 Å². The summed E-state index contributed by atoms with van der Waals surface area (Å²) < 4.78 is 1.54. The van der Waals surface area contributed by atoms with Crippen LogP contribution in [0.25, 0.3) is 11.4 Å². The highest BCUT2D eigenvalue weighted by Gasteiger charge is 2.25. The lowest BCUT2D eigenvalue weighted by Gasteiger charge is -2.17. The number of pyridine rings is 1. The molecule has 2 aromatic rings. The number of aryl methyl sites for hydroxylation is 2. The molecule has 1 N–H and O–H groups in total. The van der Waals surface area contributed by atoms with Gasteiger partial charge in [0.05, 0.1) is 12.0 Å². The molecule has 0 aliphatic rings. The number of carbonyl (C=O) groups is 1. The number of tetrazole rings is 1. The Morgan fingerprint density at radius 2 is 2.00 bits per heavy atom. The molecule has 0 saturated carbocycles. The van der Waals surface area contributed by atoms with E-state index in [1.165, 1.54) is 4.68 Å². The molecule has 0 fully saturated rings. The molecule has 0 spiro atoms. The maximum atomic E-state index is 11.1. The summed E-state index contributed by atoms with van der Waals surface area (Å²) in [5, 5.41) is 20.7. The maximum Gasteiger partial charge on any atom is 0.308 e. The molecule has 7 heteroatoms. The monoisotopic (exact) mass is 275 g/mol. The predicted molar refractivity (Wildman–Crippen MR) is 72.0 cm³/mol. The molecule has 7 nitrogen and oxygen atoms in total. The molecule has 2 aromatic heterocycles. The first-order valence-electron chi connectivity index (χ1n) is 6.37. The van der Waals surface area contributed by atoms with Crippen molar-refractivity contribution in [2.75, 3.05) is 0 Å². The lowest BCUT2D eigenvalue weighted by molar-refractivity contribution is -0.142. The summed E-state index contributed by atoms with van der Waals surface area (Å²) in [6, 6.07) is 3.43. The van der Waals surface area contributed by atoms with Gasteiger partial charge in [-0.15, -0.1) is 5.10 Å². The second-order valence-electron chi connectivity index (χ2n) is 4.90. The zero-order valence-corrected chi connectivity index (χ0v) is 11.9. The minimum atomic E-state index is -0.877. The van der Waals surface area contributed by atoms with E-state index in [0.29, 0.717) is 5.82 Å². The fraction of sp³-hybridized carbons (Fsp3) is 0.462. The molecule has 0 amide bonds. The molecule has 0 bridgehead atoms. The van der Waals surface area contributed by atoms with Gasteiger partial charge in [-0.05, 0) is 50.3 Å². The molecule has 0 aromatic carbocycles. The van der Waals surface area contributed by atoms with Gasteiger partial charge in [-0.2, -0.15) is 0 Å². The third-order valence-electron chi connectivity index (χ3n) is 3.46. The van der Waals surface area contributed by atoms with Gasteiger partial charge < -0.3 is 5.11 Å². The van der Waals surface area contributed by atoms with Gasteiger partial charge in [0.1, 0.15) is 0 Å². The zero-order chi connectivity index (χ0) is 14.9. The summed E-state index contributed by atoms with van der Waals surface area (Å²) in [5.41, 5.74) is 2.54. The van der Waals surface area contributed by atoms with Crippen molar-refractivity contribution < 1.29 is 9.90 Å². The summed E-state index contributed by atoms with van der Waals surface area (Å²) in [5.74, 6) is -0.927. The van der Waals surface area contributed by atoms with Gasteiger partial charge in [0.15, 0.2) is 5.82 Å². The van der Waals surface area contributed by atoms with Gasteiger partial charge in [-0.25, -0.2) is 4.68 Å². The lowest BCUT2D eigenvalue weighted by atomic mass is 10.0. The van der Waals surface area contributed by atoms with E-state index in [9.17, 15) is 4.79 Å². The fourth-order valence-electron chi connectivity index (χ4n) is 1.99. The van der Waals surface area contributed by atoms with Gasteiger partial charge in [0.25, 0.3) is 0 Å². The average Bonchev–Trinajstić information content (AvgIpc) is 2.85. The first-order valence-corrected chi connectivity index (χ1v) is 6.37. The van der Waals surface area contributed by atoms with Crippen molar-refractivity contribution >= 4 is 5.97 Å². The first-order chi connectivity index (χ1) is 9.41. The average molecular weight is 275 g/mol. The van der Waals surface area contributed by atoms with E-state index in [4.69, 9.17) is 5.11 Å². The van der Waals surface area contributed by atoms with Gasteiger partial charge in [0, 0.05) is 17.0 Å². The van der Waals surface area contributed by atoms with Crippen LogP contribution in [0.3, 0.4) is 0 Å². The third kappa shape index (κ3) is 2.52. The number of nitrogens with zero attached hydrogens (tertiary/aromatic N) is 5. The van der Waals surface area contributed by atoms with Crippen LogP contribution in [-0.4, -0.2) is 36.3 Å². The quantitative estimate of drug-likeness (QED) is 0.911. The lowest BCUT2D eigenvalue weighted by Crippen LogP contribution is -2.23. The second kappa shape index (κ2) is 5.36. The molecule has 2 heterocycles. The number of carboxylic acids is 1. The molecule has 106 valence electrons. The number of aliphatic carboxylic acids is 1. The smallest absolute Gasteiger partial charge is 0.308 e. The van der Waals surface area contributed by atoms with Crippen LogP contribution in [0.2, 0.25) is 0 Å². The minimum absolute atomic E-state index is 0.349. The van der Waals surface area contributed by atoms with Crippen LogP contribution in [0.4, 0.5) is 0 Å². The summed E-state index contributed by atoms with van der Waals surface area (Å²) in [4.78, 5) is 15.5.